The van der Waals surface area contributed by atoms with E-state index in [0.29, 0.717) is 12.0 Å². The second kappa shape index (κ2) is 9.38. The van der Waals surface area contributed by atoms with Crippen LogP contribution in [0.1, 0.15) is 51.9 Å². The lowest BCUT2D eigenvalue weighted by atomic mass is 9.84. The Bertz CT molecular complexity index is 451. The van der Waals surface area contributed by atoms with Crippen molar-refractivity contribution in [2.24, 2.45) is 10.7 Å². The van der Waals surface area contributed by atoms with Crippen LogP contribution in [0.5, 0.6) is 0 Å². The van der Waals surface area contributed by atoms with Crippen LogP contribution in [0.4, 0.5) is 0 Å². The van der Waals surface area contributed by atoms with Crippen molar-refractivity contribution in [1.82, 2.24) is 20.0 Å². The van der Waals surface area contributed by atoms with Gasteiger partial charge in [0.15, 0.2) is 5.96 Å². The van der Waals surface area contributed by atoms with Gasteiger partial charge in [0.2, 0.25) is 0 Å². The molecule has 1 atom stereocenters. The molecule has 26 heavy (non-hydrogen) atoms. The first-order valence-electron chi connectivity index (χ1n) is 10.8. The first kappa shape index (κ1) is 19.9. The third-order valence-corrected chi connectivity index (χ3v) is 6.91. The molecule has 150 valence electrons. The van der Waals surface area contributed by atoms with Gasteiger partial charge >= 0.3 is 0 Å². The molecule has 3 aliphatic rings. The number of nitrogens with one attached hydrogen (secondary N) is 1. The summed E-state index contributed by atoms with van der Waals surface area (Å²) >= 11 is 0. The van der Waals surface area contributed by atoms with Crippen LogP contribution in [0, 0.1) is 0 Å². The van der Waals surface area contributed by atoms with Crippen LogP contribution in [0.2, 0.25) is 0 Å². The molecule has 0 spiro atoms. The first-order chi connectivity index (χ1) is 12.6. The van der Waals surface area contributed by atoms with Crippen LogP contribution in [0.15, 0.2) is 4.99 Å². The largest absolute Gasteiger partial charge is 0.370 e. The Balaban J connectivity index is 1.56. The average molecular weight is 365 g/mol. The molecule has 0 saturated carbocycles. The van der Waals surface area contributed by atoms with Gasteiger partial charge in [0.05, 0.1) is 6.54 Å². The summed E-state index contributed by atoms with van der Waals surface area (Å²) in [4.78, 5) is 12.6. The quantitative estimate of drug-likeness (QED) is 0.550. The van der Waals surface area contributed by atoms with E-state index in [1.165, 1.54) is 77.7 Å². The standard InChI is InChI=1S/C20H40N6/c1-3-25-11-7-8-18(25)16-22-19(21)23-17-20(9-14-24(2)15-10-20)26-12-5-4-6-13-26/h18H,3-17H2,1-2H3,(H3,21,22,23). The van der Waals surface area contributed by atoms with Gasteiger partial charge in [-0.2, -0.15) is 0 Å². The number of guanidine groups is 1. The summed E-state index contributed by atoms with van der Waals surface area (Å²) < 4.78 is 0. The van der Waals surface area contributed by atoms with Gasteiger partial charge in [-0.15, -0.1) is 0 Å². The van der Waals surface area contributed by atoms with E-state index >= 15 is 0 Å². The third kappa shape index (κ3) is 4.90. The highest BCUT2D eigenvalue weighted by Gasteiger charge is 2.39. The second-order valence-electron chi connectivity index (χ2n) is 8.58. The molecule has 0 aromatic heterocycles. The SMILES string of the molecule is CCN1CCCC1CNC(N)=NCC1(N2CCCCC2)CCN(C)CC1. The number of aliphatic imine (C=N–C) groups is 1. The van der Waals surface area contributed by atoms with Crippen molar-refractivity contribution in [3.05, 3.63) is 0 Å². The fourth-order valence-corrected chi connectivity index (χ4v) is 5.03. The van der Waals surface area contributed by atoms with Gasteiger partial charge in [-0.25, -0.2) is 0 Å². The molecule has 0 amide bonds. The Kier molecular flexibility index (Phi) is 7.18. The van der Waals surface area contributed by atoms with Crippen molar-refractivity contribution >= 4 is 5.96 Å². The maximum absolute atomic E-state index is 6.26. The molecule has 0 aromatic rings. The summed E-state index contributed by atoms with van der Waals surface area (Å²) in [5, 5.41) is 3.41. The molecule has 6 nitrogen and oxygen atoms in total. The topological polar surface area (TPSA) is 60.1 Å². The highest BCUT2D eigenvalue weighted by molar-refractivity contribution is 5.77. The molecule has 3 rings (SSSR count). The number of hydrogen-bond acceptors (Lipinski definition) is 4. The monoisotopic (exact) mass is 364 g/mol. The molecule has 3 aliphatic heterocycles. The molecule has 3 fully saturated rings. The lowest BCUT2D eigenvalue weighted by Crippen LogP contribution is -2.58. The van der Waals surface area contributed by atoms with E-state index < -0.39 is 0 Å². The highest BCUT2D eigenvalue weighted by Crippen LogP contribution is 2.31. The van der Waals surface area contributed by atoms with Gasteiger partial charge in [-0.3, -0.25) is 14.8 Å². The number of nitrogens with zero attached hydrogens (tertiary/aromatic N) is 4. The Morgan fingerprint density at radius 1 is 1.08 bits per heavy atom. The lowest BCUT2D eigenvalue weighted by molar-refractivity contribution is 0.0208. The van der Waals surface area contributed by atoms with Gasteiger partial charge in [0.25, 0.3) is 0 Å². The second-order valence-corrected chi connectivity index (χ2v) is 8.58. The van der Waals surface area contributed by atoms with E-state index in [0.717, 1.165) is 19.6 Å². The van der Waals surface area contributed by atoms with Crippen molar-refractivity contribution in [3.8, 4) is 0 Å². The maximum atomic E-state index is 6.26. The summed E-state index contributed by atoms with van der Waals surface area (Å²) in [6.45, 7) is 11.2. The number of likely N-dealkylation sites (tertiary alicyclic amines) is 3. The maximum Gasteiger partial charge on any atom is 0.188 e. The van der Waals surface area contributed by atoms with Crippen molar-refractivity contribution in [2.45, 2.75) is 63.5 Å². The zero-order valence-electron chi connectivity index (χ0n) is 17.1. The summed E-state index contributed by atoms with van der Waals surface area (Å²) in [5.41, 5.74) is 6.49. The van der Waals surface area contributed by atoms with E-state index in [1.54, 1.807) is 0 Å². The van der Waals surface area contributed by atoms with Crippen LogP contribution < -0.4 is 11.1 Å². The van der Waals surface area contributed by atoms with Gasteiger partial charge in [0, 0.05) is 18.1 Å². The van der Waals surface area contributed by atoms with Crippen LogP contribution >= 0.6 is 0 Å². The Morgan fingerprint density at radius 2 is 1.81 bits per heavy atom. The zero-order valence-corrected chi connectivity index (χ0v) is 17.1. The van der Waals surface area contributed by atoms with E-state index in [1.807, 2.05) is 0 Å². The van der Waals surface area contributed by atoms with Gasteiger partial charge in [-0.05, 0) is 84.8 Å². The van der Waals surface area contributed by atoms with E-state index in [9.17, 15) is 0 Å². The van der Waals surface area contributed by atoms with Crippen LogP contribution in [0.25, 0.3) is 0 Å². The minimum absolute atomic E-state index is 0.224. The summed E-state index contributed by atoms with van der Waals surface area (Å²) in [6, 6.07) is 0.619. The third-order valence-electron chi connectivity index (χ3n) is 6.91. The molecule has 3 heterocycles. The van der Waals surface area contributed by atoms with Gasteiger partial charge in [0.1, 0.15) is 0 Å². The van der Waals surface area contributed by atoms with Crippen LogP contribution in [0.3, 0.4) is 0 Å². The van der Waals surface area contributed by atoms with Crippen LogP contribution in [-0.2, 0) is 0 Å². The number of hydrogen-bond donors (Lipinski definition) is 2. The predicted molar refractivity (Wildman–Crippen MR) is 110 cm³/mol. The predicted octanol–water partition coefficient (Wildman–Crippen LogP) is 1.33. The van der Waals surface area contributed by atoms with Crippen molar-refractivity contribution in [3.63, 3.8) is 0 Å². The summed E-state index contributed by atoms with van der Waals surface area (Å²) in [7, 11) is 2.24. The Labute approximate surface area is 160 Å². The molecule has 0 aliphatic carbocycles. The van der Waals surface area contributed by atoms with Crippen molar-refractivity contribution < 1.29 is 0 Å². The molecule has 3 saturated heterocycles. The summed E-state index contributed by atoms with van der Waals surface area (Å²) in [6.07, 6.45) is 9.07. The van der Waals surface area contributed by atoms with Crippen molar-refractivity contribution in [1.29, 1.82) is 0 Å². The Morgan fingerprint density at radius 3 is 2.50 bits per heavy atom. The minimum atomic E-state index is 0.224. The van der Waals surface area contributed by atoms with Gasteiger partial charge in [-0.1, -0.05) is 13.3 Å². The molecule has 6 heteroatoms. The molecule has 3 N–H and O–H groups in total. The molecule has 0 bridgehead atoms. The van der Waals surface area contributed by atoms with E-state index in [-0.39, 0.29) is 5.54 Å². The lowest BCUT2D eigenvalue weighted by Gasteiger charge is -2.49. The highest BCUT2D eigenvalue weighted by atomic mass is 15.3. The fourth-order valence-electron chi connectivity index (χ4n) is 5.03. The van der Waals surface area contributed by atoms with Crippen molar-refractivity contribution in [2.75, 3.05) is 59.4 Å². The fraction of sp³-hybridized carbons (Fsp3) is 0.950. The van der Waals surface area contributed by atoms with E-state index in [2.05, 4.69) is 34.0 Å². The molecular weight excluding hydrogens is 324 g/mol. The normalized spacial score (nSPS) is 29.2. The smallest absolute Gasteiger partial charge is 0.188 e. The van der Waals surface area contributed by atoms with E-state index in [4.69, 9.17) is 10.7 Å². The number of likely N-dealkylation sites (N-methyl/N-ethyl adjacent to an activating group) is 1. The average Bonchev–Trinajstić information content (AvgIpc) is 3.14. The molecular formula is C20H40N6. The minimum Gasteiger partial charge on any atom is -0.370 e. The number of piperidine rings is 2. The zero-order chi connectivity index (χ0) is 18.4. The molecule has 1 unspecified atom stereocenters. The summed E-state index contributed by atoms with van der Waals surface area (Å²) in [5.74, 6) is 0.642. The Hall–Kier alpha value is -0.850. The molecule has 0 aromatic carbocycles. The first-order valence-corrected chi connectivity index (χ1v) is 10.8. The van der Waals surface area contributed by atoms with Gasteiger partial charge < -0.3 is 16.0 Å². The number of nitrogens with two attached hydrogens (primary N) is 1. The molecule has 0 radical (unpaired) electrons. The number of rotatable bonds is 6. The van der Waals surface area contributed by atoms with Crippen LogP contribution in [-0.4, -0.2) is 91.6 Å².